The molecule has 0 unspecified atom stereocenters. The third-order valence-corrected chi connectivity index (χ3v) is 4.72. The van der Waals surface area contributed by atoms with Crippen molar-refractivity contribution in [1.29, 1.82) is 0 Å². The lowest BCUT2D eigenvalue weighted by atomic mass is 10.1. The third kappa shape index (κ3) is 5.79. The molecule has 1 amide bonds. The van der Waals surface area contributed by atoms with Crippen LogP contribution in [0.1, 0.15) is 17.9 Å². The molecule has 2 aromatic carbocycles. The van der Waals surface area contributed by atoms with Crippen LogP contribution in [-0.2, 0) is 20.7 Å². The summed E-state index contributed by atoms with van der Waals surface area (Å²) in [5, 5.41) is 11.0. The molecule has 0 spiro atoms. The summed E-state index contributed by atoms with van der Waals surface area (Å²) in [5.74, 6) is -0.395. The average Bonchev–Trinajstić information content (AvgIpc) is 3.18. The van der Waals surface area contributed by atoms with Crippen LogP contribution in [0.5, 0.6) is 0 Å². The number of aryl methyl sites for hydroxylation is 2. The first-order valence-corrected chi connectivity index (χ1v) is 9.47. The molecule has 29 heavy (non-hydrogen) atoms. The summed E-state index contributed by atoms with van der Waals surface area (Å²) in [5.41, 5.74) is 2.26. The van der Waals surface area contributed by atoms with Crippen LogP contribution < -0.4 is 5.32 Å². The number of carbonyl (C=O) groups is 2. The second-order valence-corrected chi connectivity index (χ2v) is 6.96. The number of amides is 1. The number of nitrogens with zero attached hydrogens (tertiary/aromatic N) is 2. The second kappa shape index (κ2) is 9.54. The van der Waals surface area contributed by atoms with Gasteiger partial charge in [-0.3, -0.25) is 9.59 Å². The summed E-state index contributed by atoms with van der Waals surface area (Å²) in [4.78, 5) is 23.8. The Labute approximate surface area is 177 Å². The van der Waals surface area contributed by atoms with Gasteiger partial charge in [-0.25, -0.2) is 0 Å². The molecule has 3 rings (SSSR count). The van der Waals surface area contributed by atoms with Gasteiger partial charge >= 0.3 is 5.97 Å². The number of ether oxygens (including phenoxy) is 1. The number of benzene rings is 2. The highest BCUT2D eigenvalue weighted by molar-refractivity contribution is 6.44. The molecule has 150 valence electrons. The summed E-state index contributed by atoms with van der Waals surface area (Å²) >= 11 is 11.9. The van der Waals surface area contributed by atoms with E-state index >= 15 is 0 Å². The number of carbonyl (C=O) groups excluding carboxylic acids is 2. The number of anilines is 1. The van der Waals surface area contributed by atoms with Crippen molar-refractivity contribution in [3.8, 4) is 11.5 Å². The highest BCUT2D eigenvalue weighted by Crippen LogP contribution is 2.29. The Morgan fingerprint density at radius 2 is 1.86 bits per heavy atom. The summed E-state index contributed by atoms with van der Waals surface area (Å²) in [6, 6.07) is 12.5. The Morgan fingerprint density at radius 3 is 2.62 bits per heavy atom. The zero-order chi connectivity index (χ0) is 20.8. The first-order chi connectivity index (χ1) is 13.9. The van der Waals surface area contributed by atoms with Crippen LogP contribution in [-0.4, -0.2) is 28.7 Å². The minimum absolute atomic E-state index is 0.000727. The first-order valence-electron chi connectivity index (χ1n) is 8.71. The van der Waals surface area contributed by atoms with E-state index in [1.54, 1.807) is 18.2 Å². The van der Waals surface area contributed by atoms with Crippen molar-refractivity contribution in [2.24, 2.45) is 0 Å². The molecule has 0 bridgehead atoms. The Kier molecular flexibility index (Phi) is 6.85. The van der Waals surface area contributed by atoms with Crippen molar-refractivity contribution in [3.05, 3.63) is 64.0 Å². The lowest BCUT2D eigenvalue weighted by molar-refractivity contribution is -0.147. The first kappa shape index (κ1) is 20.8. The van der Waals surface area contributed by atoms with Gasteiger partial charge < -0.3 is 14.5 Å². The molecule has 0 saturated carbocycles. The second-order valence-electron chi connectivity index (χ2n) is 6.18. The Bertz CT molecular complexity index is 1020. The van der Waals surface area contributed by atoms with Gasteiger partial charge in [-0.2, -0.15) is 0 Å². The molecular formula is C20H17Cl2N3O4. The van der Waals surface area contributed by atoms with Crippen molar-refractivity contribution >= 4 is 40.8 Å². The maximum Gasteiger partial charge on any atom is 0.306 e. The zero-order valence-electron chi connectivity index (χ0n) is 15.4. The molecule has 1 N–H and O–H groups in total. The molecule has 0 aliphatic carbocycles. The molecule has 1 heterocycles. The number of hydrogen-bond acceptors (Lipinski definition) is 6. The van der Waals surface area contributed by atoms with E-state index in [0.29, 0.717) is 22.5 Å². The van der Waals surface area contributed by atoms with Crippen molar-refractivity contribution in [1.82, 2.24) is 10.2 Å². The smallest absolute Gasteiger partial charge is 0.306 e. The number of esters is 1. The van der Waals surface area contributed by atoms with Crippen LogP contribution in [0.4, 0.5) is 5.69 Å². The van der Waals surface area contributed by atoms with E-state index in [4.69, 9.17) is 32.4 Å². The van der Waals surface area contributed by atoms with Crippen molar-refractivity contribution in [2.75, 3.05) is 11.9 Å². The van der Waals surface area contributed by atoms with E-state index in [2.05, 4.69) is 15.5 Å². The maximum atomic E-state index is 11.9. The van der Waals surface area contributed by atoms with Crippen LogP contribution in [0.3, 0.4) is 0 Å². The third-order valence-electron chi connectivity index (χ3n) is 3.90. The minimum atomic E-state index is -0.563. The number of aromatic nitrogens is 2. The molecule has 3 aromatic rings. The summed E-state index contributed by atoms with van der Waals surface area (Å²) in [7, 11) is 0. The molecule has 1 aromatic heterocycles. The maximum absolute atomic E-state index is 11.9. The minimum Gasteiger partial charge on any atom is -0.456 e. The number of nitrogens with one attached hydrogen (secondary N) is 1. The molecule has 0 atom stereocenters. The van der Waals surface area contributed by atoms with Crippen LogP contribution in [0.25, 0.3) is 11.5 Å². The lowest BCUT2D eigenvalue weighted by Gasteiger charge is -2.08. The van der Waals surface area contributed by atoms with Gasteiger partial charge in [0.15, 0.2) is 6.61 Å². The van der Waals surface area contributed by atoms with E-state index in [1.807, 2.05) is 31.2 Å². The van der Waals surface area contributed by atoms with Crippen molar-refractivity contribution in [3.63, 3.8) is 0 Å². The summed E-state index contributed by atoms with van der Waals surface area (Å²) in [6.07, 6.45) is 0.208. The van der Waals surface area contributed by atoms with Gasteiger partial charge in [0.1, 0.15) is 0 Å². The number of rotatable bonds is 7. The highest BCUT2D eigenvalue weighted by Gasteiger charge is 2.13. The SMILES string of the molecule is Cc1ccc(-c2nnc(CCC(=O)OCC(=O)Nc3cccc(Cl)c3Cl)o2)cc1. The molecule has 0 aliphatic heterocycles. The van der Waals surface area contributed by atoms with Crippen LogP contribution in [0.15, 0.2) is 46.9 Å². The van der Waals surface area contributed by atoms with Crippen LogP contribution in [0, 0.1) is 6.92 Å². The molecule has 0 saturated heterocycles. The van der Waals surface area contributed by atoms with Gasteiger partial charge in [-0.05, 0) is 31.2 Å². The largest absolute Gasteiger partial charge is 0.456 e. The molecular weight excluding hydrogens is 417 g/mol. The molecule has 7 nitrogen and oxygen atoms in total. The standard InChI is InChI=1S/C20H17Cl2N3O4/c1-12-5-7-13(8-6-12)20-25-24-17(29-20)9-10-18(27)28-11-16(26)23-15-4-2-3-14(21)19(15)22/h2-8H,9-11H2,1H3,(H,23,26). The van der Waals surface area contributed by atoms with E-state index < -0.39 is 18.5 Å². The topological polar surface area (TPSA) is 94.3 Å². The quantitative estimate of drug-likeness (QED) is 0.552. The molecule has 0 radical (unpaired) electrons. The molecule has 9 heteroatoms. The van der Waals surface area contributed by atoms with Crippen molar-refractivity contribution < 1.29 is 18.7 Å². The Morgan fingerprint density at radius 1 is 1.10 bits per heavy atom. The van der Waals surface area contributed by atoms with Crippen molar-refractivity contribution in [2.45, 2.75) is 19.8 Å². The average molecular weight is 434 g/mol. The summed E-state index contributed by atoms with van der Waals surface area (Å²) in [6.45, 7) is 1.54. The van der Waals surface area contributed by atoms with Crippen LogP contribution >= 0.6 is 23.2 Å². The Balaban J connectivity index is 1.45. The van der Waals surface area contributed by atoms with E-state index in [9.17, 15) is 9.59 Å². The molecule has 0 aliphatic rings. The van der Waals surface area contributed by atoms with Gasteiger partial charge in [-0.1, -0.05) is 47.0 Å². The van der Waals surface area contributed by atoms with E-state index in [0.717, 1.165) is 11.1 Å². The fourth-order valence-electron chi connectivity index (χ4n) is 2.38. The highest BCUT2D eigenvalue weighted by atomic mass is 35.5. The van der Waals surface area contributed by atoms with E-state index in [1.165, 1.54) is 0 Å². The number of hydrogen-bond donors (Lipinski definition) is 1. The van der Waals surface area contributed by atoms with Gasteiger partial charge in [0.2, 0.25) is 11.8 Å². The Hall–Kier alpha value is -2.90. The summed E-state index contributed by atoms with van der Waals surface area (Å²) < 4.78 is 10.5. The molecule has 0 fully saturated rings. The zero-order valence-corrected chi connectivity index (χ0v) is 17.0. The fourth-order valence-corrected chi connectivity index (χ4v) is 2.73. The van der Waals surface area contributed by atoms with Crippen LogP contribution in [0.2, 0.25) is 10.0 Å². The predicted octanol–water partition coefficient (Wildman–Crippen LogP) is 4.47. The number of halogens is 2. The van der Waals surface area contributed by atoms with Gasteiger partial charge in [0, 0.05) is 12.0 Å². The predicted molar refractivity (Wildman–Crippen MR) is 109 cm³/mol. The van der Waals surface area contributed by atoms with E-state index in [-0.39, 0.29) is 17.9 Å². The van der Waals surface area contributed by atoms with Gasteiger partial charge in [-0.15, -0.1) is 10.2 Å². The van der Waals surface area contributed by atoms with Gasteiger partial charge in [0.05, 0.1) is 22.2 Å². The fraction of sp³-hybridized carbons (Fsp3) is 0.200. The van der Waals surface area contributed by atoms with Gasteiger partial charge in [0.25, 0.3) is 5.91 Å². The monoisotopic (exact) mass is 433 g/mol. The normalized spacial score (nSPS) is 10.6. The lowest BCUT2D eigenvalue weighted by Crippen LogP contribution is -2.21.